The molecule has 0 atom stereocenters. The molecule has 2 aliphatic rings. The van der Waals surface area contributed by atoms with Gasteiger partial charge >= 0.3 is 0 Å². The molecule has 1 aliphatic carbocycles. The zero-order valence-electron chi connectivity index (χ0n) is 15.9. The molecule has 0 amide bonds. The van der Waals surface area contributed by atoms with Crippen molar-refractivity contribution in [3.05, 3.63) is 53.6 Å². The highest BCUT2D eigenvalue weighted by Gasteiger charge is 2.30. The smallest absolute Gasteiger partial charge is 0.192 e. The summed E-state index contributed by atoms with van der Waals surface area (Å²) in [5, 5.41) is 18.9. The third-order valence-electron chi connectivity index (χ3n) is 5.03. The maximum absolute atomic E-state index is 8.95. The minimum absolute atomic E-state index is 0.458. The first kappa shape index (κ1) is 18.1. The molecule has 0 unspecified atom stereocenters. The van der Waals surface area contributed by atoms with Crippen molar-refractivity contribution in [1.29, 1.82) is 5.26 Å². The number of nitriles is 1. The molecule has 0 spiro atoms. The van der Waals surface area contributed by atoms with E-state index in [9.17, 15) is 0 Å². The van der Waals surface area contributed by atoms with E-state index >= 15 is 0 Å². The van der Waals surface area contributed by atoms with Gasteiger partial charge in [0.1, 0.15) is 0 Å². The topological polar surface area (TPSA) is 73.0 Å². The predicted octanol–water partition coefficient (Wildman–Crippen LogP) is 4.61. The third kappa shape index (κ3) is 3.81. The molecule has 6 nitrogen and oxygen atoms in total. The number of aromatic nitrogens is 3. The lowest BCUT2D eigenvalue weighted by Gasteiger charge is -2.11. The van der Waals surface area contributed by atoms with E-state index in [1.165, 1.54) is 0 Å². The Morgan fingerprint density at radius 3 is 2.59 bits per heavy atom. The second kappa shape index (κ2) is 7.80. The van der Waals surface area contributed by atoms with Crippen LogP contribution in [0.5, 0.6) is 11.5 Å². The molecule has 2 heterocycles. The summed E-state index contributed by atoms with van der Waals surface area (Å²) in [4.78, 5) is 0. The largest absolute Gasteiger partial charge is 0.490 e. The van der Waals surface area contributed by atoms with Gasteiger partial charge in [-0.15, -0.1) is 10.2 Å². The third-order valence-corrected chi connectivity index (χ3v) is 6.05. The molecular formula is C22H20N4O2S. The van der Waals surface area contributed by atoms with Crippen LogP contribution >= 0.6 is 11.8 Å². The van der Waals surface area contributed by atoms with Crippen molar-refractivity contribution in [3.8, 4) is 29.0 Å². The second-order valence-corrected chi connectivity index (χ2v) is 8.16. The lowest BCUT2D eigenvalue weighted by molar-refractivity contribution is 0.297. The first-order valence-corrected chi connectivity index (χ1v) is 10.8. The minimum atomic E-state index is 0.458. The van der Waals surface area contributed by atoms with Gasteiger partial charge in [-0.1, -0.05) is 23.9 Å². The van der Waals surface area contributed by atoms with Crippen LogP contribution in [-0.4, -0.2) is 28.0 Å². The Kier molecular flexibility index (Phi) is 4.86. The maximum atomic E-state index is 8.95. The van der Waals surface area contributed by atoms with Gasteiger partial charge in [0.05, 0.1) is 24.8 Å². The predicted molar refractivity (Wildman–Crippen MR) is 110 cm³/mol. The van der Waals surface area contributed by atoms with Crippen LogP contribution in [-0.2, 0) is 5.75 Å². The molecule has 0 saturated heterocycles. The van der Waals surface area contributed by atoms with Crippen molar-refractivity contribution < 1.29 is 9.47 Å². The normalized spacial score (nSPS) is 15.6. The van der Waals surface area contributed by atoms with E-state index in [-0.39, 0.29) is 0 Å². The Balaban J connectivity index is 1.41. The van der Waals surface area contributed by atoms with Crippen molar-refractivity contribution in [3.63, 3.8) is 0 Å². The highest BCUT2D eigenvalue weighted by atomic mass is 32.2. The van der Waals surface area contributed by atoms with E-state index in [0.717, 1.165) is 58.6 Å². The molecule has 1 fully saturated rings. The average molecular weight is 404 g/mol. The SMILES string of the molecule is N#Cc1ccc(CSc2nnc(-c3ccc4c(c3)OCCCO4)n2C2CC2)cc1. The van der Waals surface area contributed by atoms with Gasteiger partial charge in [0.25, 0.3) is 0 Å². The van der Waals surface area contributed by atoms with Crippen LogP contribution in [0.1, 0.15) is 36.4 Å². The summed E-state index contributed by atoms with van der Waals surface area (Å²) in [6, 6.07) is 16.3. The van der Waals surface area contributed by atoms with E-state index in [4.69, 9.17) is 14.7 Å². The van der Waals surface area contributed by atoms with Gasteiger partial charge in [0, 0.05) is 23.8 Å². The Morgan fingerprint density at radius 2 is 1.83 bits per heavy atom. The molecule has 3 aromatic rings. The maximum Gasteiger partial charge on any atom is 0.192 e. The highest BCUT2D eigenvalue weighted by molar-refractivity contribution is 7.98. The Morgan fingerprint density at radius 1 is 1.03 bits per heavy atom. The van der Waals surface area contributed by atoms with Gasteiger partial charge in [-0.2, -0.15) is 5.26 Å². The van der Waals surface area contributed by atoms with Crippen molar-refractivity contribution in [2.45, 2.75) is 36.2 Å². The zero-order valence-corrected chi connectivity index (χ0v) is 16.7. The highest BCUT2D eigenvalue weighted by Crippen LogP contribution is 2.42. The summed E-state index contributed by atoms with van der Waals surface area (Å²) in [6.07, 6.45) is 3.19. The van der Waals surface area contributed by atoms with Gasteiger partial charge in [-0.25, -0.2) is 0 Å². The van der Waals surface area contributed by atoms with Crippen LogP contribution in [0, 0.1) is 11.3 Å². The molecule has 1 saturated carbocycles. The molecule has 1 aliphatic heterocycles. The number of benzene rings is 2. The van der Waals surface area contributed by atoms with Crippen LogP contribution in [0.2, 0.25) is 0 Å². The van der Waals surface area contributed by atoms with Crippen LogP contribution < -0.4 is 9.47 Å². The van der Waals surface area contributed by atoms with E-state index in [1.54, 1.807) is 11.8 Å². The summed E-state index contributed by atoms with van der Waals surface area (Å²) < 4.78 is 13.9. The number of fused-ring (bicyclic) bond motifs is 1. The first-order valence-electron chi connectivity index (χ1n) is 9.78. The molecule has 0 bridgehead atoms. The van der Waals surface area contributed by atoms with Gasteiger partial charge in [0.15, 0.2) is 22.5 Å². The second-order valence-electron chi connectivity index (χ2n) is 7.22. The summed E-state index contributed by atoms with van der Waals surface area (Å²) in [5.41, 5.74) is 2.84. The summed E-state index contributed by atoms with van der Waals surface area (Å²) in [7, 11) is 0. The molecule has 1 aromatic heterocycles. The van der Waals surface area contributed by atoms with E-state index in [1.807, 2.05) is 42.5 Å². The Hall–Kier alpha value is -2.98. The van der Waals surface area contributed by atoms with Gasteiger partial charge in [0.2, 0.25) is 0 Å². The molecule has 0 radical (unpaired) electrons. The quantitative estimate of drug-likeness (QED) is 0.579. The molecule has 5 rings (SSSR count). The first-order chi connectivity index (χ1) is 14.3. The van der Waals surface area contributed by atoms with Crippen molar-refractivity contribution in [1.82, 2.24) is 14.8 Å². The van der Waals surface area contributed by atoms with Crippen molar-refractivity contribution in [2.75, 3.05) is 13.2 Å². The number of rotatable bonds is 5. The monoisotopic (exact) mass is 404 g/mol. The fraction of sp³-hybridized carbons (Fsp3) is 0.318. The van der Waals surface area contributed by atoms with Crippen LogP contribution in [0.4, 0.5) is 0 Å². The molecule has 7 heteroatoms. The minimum Gasteiger partial charge on any atom is -0.490 e. The fourth-order valence-corrected chi connectivity index (χ4v) is 4.32. The molecule has 0 N–H and O–H groups in total. The van der Waals surface area contributed by atoms with Gasteiger partial charge < -0.3 is 9.47 Å². The molecule has 146 valence electrons. The summed E-state index contributed by atoms with van der Waals surface area (Å²) in [5.74, 6) is 3.24. The van der Waals surface area contributed by atoms with Gasteiger partial charge in [-0.05, 0) is 48.7 Å². The van der Waals surface area contributed by atoms with E-state index in [2.05, 4.69) is 20.8 Å². The summed E-state index contributed by atoms with van der Waals surface area (Å²) in [6.45, 7) is 1.35. The van der Waals surface area contributed by atoms with Crippen LogP contribution in [0.3, 0.4) is 0 Å². The molecule has 29 heavy (non-hydrogen) atoms. The van der Waals surface area contributed by atoms with E-state index in [0.29, 0.717) is 24.8 Å². The van der Waals surface area contributed by atoms with Crippen LogP contribution in [0.15, 0.2) is 47.6 Å². The Bertz CT molecular complexity index is 1070. The van der Waals surface area contributed by atoms with Gasteiger partial charge in [-0.3, -0.25) is 4.57 Å². The number of ether oxygens (including phenoxy) is 2. The number of nitrogens with zero attached hydrogens (tertiary/aromatic N) is 4. The van der Waals surface area contributed by atoms with Crippen molar-refractivity contribution in [2.24, 2.45) is 0 Å². The Labute approximate surface area is 173 Å². The molecule has 2 aromatic carbocycles. The zero-order chi connectivity index (χ0) is 19.6. The molecular weight excluding hydrogens is 384 g/mol. The van der Waals surface area contributed by atoms with E-state index < -0.39 is 0 Å². The number of hydrogen-bond acceptors (Lipinski definition) is 6. The standard InChI is InChI=1S/C22H20N4O2S/c23-13-15-2-4-16(5-3-15)14-29-22-25-24-21(26(22)18-7-8-18)17-6-9-19-20(12-17)28-11-1-10-27-19/h2-6,9,12,18H,1,7-8,10-11,14H2. The lowest BCUT2D eigenvalue weighted by atomic mass is 10.2. The number of thioether (sulfide) groups is 1. The van der Waals surface area contributed by atoms with Crippen LogP contribution in [0.25, 0.3) is 11.4 Å². The average Bonchev–Trinajstić information content (AvgIpc) is 3.55. The number of hydrogen-bond donors (Lipinski definition) is 0. The lowest BCUT2D eigenvalue weighted by Crippen LogP contribution is -2.00. The summed E-state index contributed by atoms with van der Waals surface area (Å²) >= 11 is 1.68. The fourth-order valence-electron chi connectivity index (χ4n) is 3.36. The van der Waals surface area contributed by atoms with Crippen molar-refractivity contribution >= 4 is 11.8 Å².